The highest BCUT2D eigenvalue weighted by Crippen LogP contribution is 2.24. The molecule has 0 radical (unpaired) electrons. The summed E-state index contributed by atoms with van der Waals surface area (Å²) in [6.07, 6.45) is 4.47. The maximum atomic E-state index is 10.3. The molecule has 3 nitrogen and oxygen atoms in total. The van der Waals surface area contributed by atoms with Gasteiger partial charge < -0.3 is 15.3 Å². The van der Waals surface area contributed by atoms with Crippen LogP contribution in [-0.2, 0) is 0 Å². The maximum absolute atomic E-state index is 10.3. The van der Waals surface area contributed by atoms with E-state index in [9.17, 15) is 5.11 Å². The zero-order chi connectivity index (χ0) is 10.0. The molecule has 0 atom stereocenters. The first-order valence-corrected chi connectivity index (χ1v) is 5.90. The Morgan fingerprint density at radius 2 is 2.00 bits per heavy atom. The summed E-state index contributed by atoms with van der Waals surface area (Å²) in [6, 6.07) is 0.711. The number of nitrogens with zero attached hydrogens (tertiary/aromatic N) is 1. The number of likely N-dealkylation sites (tertiary alicyclic amines) is 1. The summed E-state index contributed by atoms with van der Waals surface area (Å²) in [5, 5.41) is 13.7. The van der Waals surface area contributed by atoms with Crippen molar-refractivity contribution in [1.29, 1.82) is 0 Å². The van der Waals surface area contributed by atoms with E-state index in [4.69, 9.17) is 0 Å². The van der Waals surface area contributed by atoms with Crippen LogP contribution in [0.2, 0.25) is 0 Å². The van der Waals surface area contributed by atoms with Crippen LogP contribution in [0.5, 0.6) is 0 Å². The SMILES string of the molecule is CCN1CCC(O)(CNC2CC2)CC1. The van der Waals surface area contributed by atoms with Gasteiger partial charge >= 0.3 is 0 Å². The summed E-state index contributed by atoms with van der Waals surface area (Å²) in [4.78, 5) is 2.41. The second kappa shape index (κ2) is 4.17. The van der Waals surface area contributed by atoms with Gasteiger partial charge in [-0.05, 0) is 32.2 Å². The van der Waals surface area contributed by atoms with Gasteiger partial charge in [0.2, 0.25) is 0 Å². The number of rotatable bonds is 4. The van der Waals surface area contributed by atoms with Crippen LogP contribution >= 0.6 is 0 Å². The fourth-order valence-corrected chi connectivity index (χ4v) is 2.08. The Balaban J connectivity index is 1.72. The standard InChI is InChI=1S/C11H22N2O/c1-2-13-7-5-11(14,6-8-13)9-12-10-3-4-10/h10,12,14H,2-9H2,1H3. The van der Waals surface area contributed by atoms with Crippen molar-refractivity contribution in [3.8, 4) is 0 Å². The van der Waals surface area contributed by atoms with Crippen molar-refractivity contribution in [1.82, 2.24) is 10.2 Å². The highest BCUT2D eigenvalue weighted by Gasteiger charge is 2.33. The number of piperidine rings is 1. The van der Waals surface area contributed by atoms with Gasteiger partial charge in [-0.1, -0.05) is 6.92 Å². The Bertz CT molecular complexity index is 184. The molecule has 1 heterocycles. The van der Waals surface area contributed by atoms with E-state index in [-0.39, 0.29) is 0 Å². The van der Waals surface area contributed by atoms with Crippen molar-refractivity contribution < 1.29 is 5.11 Å². The first-order chi connectivity index (χ1) is 6.72. The minimum Gasteiger partial charge on any atom is -0.388 e. The predicted molar refractivity (Wildman–Crippen MR) is 57.3 cm³/mol. The van der Waals surface area contributed by atoms with E-state index < -0.39 is 5.60 Å². The summed E-state index contributed by atoms with van der Waals surface area (Å²) >= 11 is 0. The van der Waals surface area contributed by atoms with Crippen LogP contribution < -0.4 is 5.32 Å². The molecule has 1 saturated carbocycles. The molecule has 0 amide bonds. The maximum Gasteiger partial charge on any atom is 0.0796 e. The zero-order valence-electron chi connectivity index (χ0n) is 9.13. The monoisotopic (exact) mass is 198 g/mol. The lowest BCUT2D eigenvalue weighted by atomic mass is 9.91. The molecule has 0 aromatic carbocycles. The third kappa shape index (κ3) is 2.69. The largest absolute Gasteiger partial charge is 0.388 e. The zero-order valence-corrected chi connectivity index (χ0v) is 9.13. The number of nitrogens with one attached hydrogen (secondary N) is 1. The third-order valence-electron chi connectivity index (χ3n) is 3.53. The molecule has 1 saturated heterocycles. The van der Waals surface area contributed by atoms with Gasteiger partial charge in [0.25, 0.3) is 0 Å². The minimum absolute atomic E-state index is 0.422. The van der Waals surface area contributed by atoms with E-state index in [1.807, 2.05) is 0 Å². The second-order valence-corrected chi connectivity index (χ2v) is 4.81. The van der Waals surface area contributed by atoms with Crippen LogP contribution in [0.3, 0.4) is 0 Å². The second-order valence-electron chi connectivity index (χ2n) is 4.81. The summed E-state index contributed by atoms with van der Waals surface area (Å²) in [6.45, 7) is 6.22. The van der Waals surface area contributed by atoms with Crippen molar-refractivity contribution in [2.24, 2.45) is 0 Å². The molecule has 82 valence electrons. The van der Waals surface area contributed by atoms with Gasteiger partial charge in [0, 0.05) is 25.7 Å². The molecule has 2 fully saturated rings. The molecule has 14 heavy (non-hydrogen) atoms. The van der Waals surface area contributed by atoms with Crippen LogP contribution in [0, 0.1) is 0 Å². The predicted octanol–water partition coefficient (Wildman–Crippen LogP) is 0.585. The normalized spacial score (nSPS) is 27.9. The highest BCUT2D eigenvalue weighted by molar-refractivity contribution is 4.91. The van der Waals surface area contributed by atoms with E-state index in [0.717, 1.165) is 39.0 Å². The van der Waals surface area contributed by atoms with E-state index in [2.05, 4.69) is 17.1 Å². The summed E-state index contributed by atoms with van der Waals surface area (Å²) in [7, 11) is 0. The molecule has 0 spiro atoms. The number of hydrogen-bond donors (Lipinski definition) is 2. The van der Waals surface area contributed by atoms with E-state index >= 15 is 0 Å². The molecule has 0 aromatic rings. The molecular formula is C11H22N2O. The van der Waals surface area contributed by atoms with Crippen LogP contribution in [0.1, 0.15) is 32.6 Å². The van der Waals surface area contributed by atoms with Crippen molar-refractivity contribution >= 4 is 0 Å². The quantitative estimate of drug-likeness (QED) is 0.694. The molecular weight excluding hydrogens is 176 g/mol. The smallest absolute Gasteiger partial charge is 0.0796 e. The van der Waals surface area contributed by atoms with Crippen LogP contribution in [0.15, 0.2) is 0 Å². The Kier molecular flexibility index (Phi) is 3.10. The minimum atomic E-state index is -0.422. The molecule has 1 aliphatic heterocycles. The van der Waals surface area contributed by atoms with Gasteiger partial charge in [0.1, 0.15) is 0 Å². The average Bonchev–Trinajstić information content (AvgIpc) is 3.00. The molecule has 2 N–H and O–H groups in total. The van der Waals surface area contributed by atoms with Crippen molar-refractivity contribution in [3.05, 3.63) is 0 Å². The van der Waals surface area contributed by atoms with Gasteiger partial charge in [0.05, 0.1) is 5.60 Å². The Hall–Kier alpha value is -0.120. The molecule has 3 heteroatoms. The van der Waals surface area contributed by atoms with Crippen molar-refractivity contribution in [2.45, 2.75) is 44.2 Å². The highest BCUT2D eigenvalue weighted by atomic mass is 16.3. The summed E-state index contributed by atoms with van der Waals surface area (Å²) < 4.78 is 0. The van der Waals surface area contributed by atoms with Crippen LogP contribution in [0.25, 0.3) is 0 Å². The van der Waals surface area contributed by atoms with Gasteiger partial charge in [-0.15, -0.1) is 0 Å². The van der Waals surface area contributed by atoms with Gasteiger partial charge in [-0.3, -0.25) is 0 Å². The fourth-order valence-electron chi connectivity index (χ4n) is 2.08. The first-order valence-electron chi connectivity index (χ1n) is 5.90. The topological polar surface area (TPSA) is 35.5 Å². The summed E-state index contributed by atoms with van der Waals surface area (Å²) in [5.74, 6) is 0. The lowest BCUT2D eigenvalue weighted by Crippen LogP contribution is -2.50. The van der Waals surface area contributed by atoms with Gasteiger partial charge in [-0.25, -0.2) is 0 Å². The average molecular weight is 198 g/mol. The molecule has 1 aliphatic carbocycles. The number of hydrogen-bond acceptors (Lipinski definition) is 3. The van der Waals surface area contributed by atoms with E-state index in [0.29, 0.717) is 6.04 Å². The van der Waals surface area contributed by atoms with Crippen LogP contribution in [-0.4, -0.2) is 47.8 Å². The Labute approximate surface area is 86.5 Å². The Morgan fingerprint density at radius 3 is 2.50 bits per heavy atom. The Morgan fingerprint density at radius 1 is 1.36 bits per heavy atom. The van der Waals surface area contributed by atoms with Crippen molar-refractivity contribution in [3.63, 3.8) is 0 Å². The molecule has 0 unspecified atom stereocenters. The third-order valence-corrected chi connectivity index (χ3v) is 3.53. The number of aliphatic hydroxyl groups is 1. The lowest BCUT2D eigenvalue weighted by Gasteiger charge is -2.38. The molecule has 2 aliphatic rings. The van der Waals surface area contributed by atoms with Gasteiger partial charge in [-0.2, -0.15) is 0 Å². The van der Waals surface area contributed by atoms with Crippen LogP contribution in [0.4, 0.5) is 0 Å². The fraction of sp³-hybridized carbons (Fsp3) is 1.00. The summed E-state index contributed by atoms with van der Waals surface area (Å²) in [5.41, 5.74) is -0.422. The first kappa shape index (κ1) is 10.4. The van der Waals surface area contributed by atoms with E-state index in [1.165, 1.54) is 12.8 Å². The van der Waals surface area contributed by atoms with Crippen molar-refractivity contribution in [2.75, 3.05) is 26.2 Å². The lowest BCUT2D eigenvalue weighted by molar-refractivity contribution is -0.0189. The van der Waals surface area contributed by atoms with E-state index in [1.54, 1.807) is 0 Å². The molecule has 0 bridgehead atoms. The van der Waals surface area contributed by atoms with Gasteiger partial charge in [0.15, 0.2) is 0 Å². The molecule has 0 aromatic heterocycles. The molecule has 2 rings (SSSR count).